The molecule has 0 fully saturated rings. The first-order valence-electron chi connectivity index (χ1n) is 8.00. The fourth-order valence-electron chi connectivity index (χ4n) is 2.46. The summed E-state index contributed by atoms with van der Waals surface area (Å²) in [6, 6.07) is 12.0. The molecule has 2 amide bonds. The van der Waals surface area contributed by atoms with Gasteiger partial charge in [0.25, 0.3) is 0 Å². The molecule has 7 heteroatoms. The van der Waals surface area contributed by atoms with Gasteiger partial charge in [0.15, 0.2) is 0 Å². The number of carbonyl (C=O) groups is 2. The average molecular weight is 377 g/mol. The number of hydrogen-bond acceptors (Lipinski definition) is 4. The van der Waals surface area contributed by atoms with Crippen LogP contribution in [0.5, 0.6) is 11.5 Å². The summed E-state index contributed by atoms with van der Waals surface area (Å²) < 4.78 is 10.5. The minimum atomic E-state index is -0.222. The van der Waals surface area contributed by atoms with Crippen molar-refractivity contribution in [2.75, 3.05) is 31.0 Å². The number of anilines is 2. The molecule has 0 aromatic heterocycles. The number of rotatable bonds is 7. The van der Waals surface area contributed by atoms with Crippen LogP contribution in [0.4, 0.5) is 11.4 Å². The summed E-state index contributed by atoms with van der Waals surface area (Å²) in [4.78, 5) is 25.8. The molecule has 0 spiro atoms. The second-order valence-electron chi connectivity index (χ2n) is 5.52. The van der Waals surface area contributed by atoms with Crippen LogP contribution in [-0.4, -0.2) is 32.6 Å². The van der Waals surface area contributed by atoms with E-state index < -0.39 is 0 Å². The molecule has 0 atom stereocenters. The van der Waals surface area contributed by atoms with E-state index in [9.17, 15) is 9.59 Å². The summed E-state index contributed by atoms with van der Waals surface area (Å²) in [5, 5.41) is 3.30. The molecule has 0 saturated carbocycles. The van der Waals surface area contributed by atoms with Crippen LogP contribution in [0.25, 0.3) is 0 Å². The maximum absolute atomic E-state index is 12.2. The number of nitrogens with zero attached hydrogens (tertiary/aromatic N) is 1. The summed E-state index contributed by atoms with van der Waals surface area (Å²) in [6.45, 7) is 1.64. The fraction of sp³-hybridized carbons (Fsp3) is 0.263. The highest BCUT2D eigenvalue weighted by Crippen LogP contribution is 2.32. The van der Waals surface area contributed by atoms with Crippen LogP contribution in [-0.2, 0) is 9.59 Å². The summed E-state index contributed by atoms with van der Waals surface area (Å²) in [5.41, 5.74) is 1.16. The highest BCUT2D eigenvalue weighted by Gasteiger charge is 2.18. The molecule has 0 saturated heterocycles. The maximum Gasteiger partial charge on any atom is 0.226 e. The second kappa shape index (κ2) is 9.10. The summed E-state index contributed by atoms with van der Waals surface area (Å²) >= 11 is 5.91. The quantitative estimate of drug-likeness (QED) is 0.799. The lowest BCUT2D eigenvalue weighted by Crippen LogP contribution is -2.32. The predicted molar refractivity (Wildman–Crippen MR) is 102 cm³/mol. The minimum absolute atomic E-state index is 0.118. The SMILES string of the molecule is COc1ccc(OC)c(N(CCC(=O)Nc2cccc(Cl)c2)C(C)=O)c1. The summed E-state index contributed by atoms with van der Waals surface area (Å²) in [7, 11) is 3.07. The molecule has 6 nitrogen and oxygen atoms in total. The number of nitrogens with one attached hydrogen (secondary N) is 1. The van der Waals surface area contributed by atoms with Gasteiger partial charge in [-0.3, -0.25) is 9.59 Å². The Morgan fingerprint density at radius 1 is 1.12 bits per heavy atom. The molecule has 1 N–H and O–H groups in total. The first kappa shape index (κ1) is 19.6. The Hall–Kier alpha value is -2.73. The zero-order chi connectivity index (χ0) is 19.1. The highest BCUT2D eigenvalue weighted by atomic mass is 35.5. The third kappa shape index (κ3) is 5.13. The first-order valence-corrected chi connectivity index (χ1v) is 8.38. The van der Waals surface area contributed by atoms with Crippen molar-refractivity contribution < 1.29 is 19.1 Å². The number of halogens is 1. The minimum Gasteiger partial charge on any atom is -0.497 e. The van der Waals surface area contributed by atoms with Crippen molar-refractivity contribution in [1.82, 2.24) is 0 Å². The van der Waals surface area contributed by atoms with E-state index in [4.69, 9.17) is 21.1 Å². The van der Waals surface area contributed by atoms with Crippen LogP contribution in [0.15, 0.2) is 42.5 Å². The Kier molecular flexibility index (Phi) is 6.86. The Labute approximate surface area is 157 Å². The molecule has 0 heterocycles. The van der Waals surface area contributed by atoms with Gasteiger partial charge >= 0.3 is 0 Å². The monoisotopic (exact) mass is 376 g/mol. The molecule has 0 unspecified atom stereocenters. The smallest absolute Gasteiger partial charge is 0.226 e. The third-order valence-corrected chi connectivity index (χ3v) is 3.96. The Balaban J connectivity index is 2.11. The van der Waals surface area contributed by atoms with E-state index in [2.05, 4.69) is 5.32 Å². The van der Waals surface area contributed by atoms with Crippen molar-refractivity contribution in [2.45, 2.75) is 13.3 Å². The molecule has 2 rings (SSSR count). The van der Waals surface area contributed by atoms with Crippen molar-refractivity contribution in [1.29, 1.82) is 0 Å². The fourth-order valence-corrected chi connectivity index (χ4v) is 2.65. The molecule has 0 bridgehead atoms. The number of carbonyl (C=O) groups excluding carboxylic acids is 2. The van der Waals surface area contributed by atoms with Gasteiger partial charge in [-0.1, -0.05) is 17.7 Å². The van der Waals surface area contributed by atoms with Crippen molar-refractivity contribution in [3.05, 3.63) is 47.5 Å². The van der Waals surface area contributed by atoms with E-state index in [0.29, 0.717) is 27.9 Å². The summed E-state index contributed by atoms with van der Waals surface area (Å²) in [6.07, 6.45) is 0.118. The van der Waals surface area contributed by atoms with Crippen molar-refractivity contribution >= 4 is 34.8 Å². The van der Waals surface area contributed by atoms with E-state index in [1.165, 1.54) is 18.9 Å². The van der Waals surface area contributed by atoms with Crippen molar-refractivity contribution in [3.63, 3.8) is 0 Å². The largest absolute Gasteiger partial charge is 0.497 e. The van der Waals surface area contributed by atoms with Gasteiger partial charge in [-0.25, -0.2) is 0 Å². The summed E-state index contributed by atoms with van der Waals surface area (Å²) in [5.74, 6) is 0.694. The van der Waals surface area contributed by atoms with Gasteiger partial charge in [-0.05, 0) is 30.3 Å². The zero-order valence-corrected chi connectivity index (χ0v) is 15.7. The number of benzene rings is 2. The zero-order valence-electron chi connectivity index (χ0n) is 14.9. The van der Waals surface area contributed by atoms with Crippen LogP contribution in [0.3, 0.4) is 0 Å². The lowest BCUT2D eigenvalue weighted by molar-refractivity contribution is -0.117. The number of methoxy groups -OCH3 is 2. The van der Waals surface area contributed by atoms with Gasteiger partial charge in [0.05, 0.1) is 19.9 Å². The second-order valence-corrected chi connectivity index (χ2v) is 5.95. The van der Waals surface area contributed by atoms with E-state index in [1.807, 2.05) is 0 Å². The predicted octanol–water partition coefficient (Wildman–Crippen LogP) is 3.74. The van der Waals surface area contributed by atoms with E-state index in [1.54, 1.807) is 49.6 Å². The van der Waals surface area contributed by atoms with Crippen LogP contribution in [0.1, 0.15) is 13.3 Å². The first-order chi connectivity index (χ1) is 12.4. The molecule has 0 aliphatic rings. The topological polar surface area (TPSA) is 67.9 Å². The third-order valence-electron chi connectivity index (χ3n) is 3.73. The van der Waals surface area contributed by atoms with E-state index in [-0.39, 0.29) is 24.8 Å². The standard InChI is InChI=1S/C19H21ClN2O4/c1-13(23)22(17-12-16(25-2)7-8-18(17)26-3)10-9-19(24)21-15-6-4-5-14(20)11-15/h4-8,11-12H,9-10H2,1-3H3,(H,21,24). The van der Waals surface area contributed by atoms with Crippen LogP contribution in [0.2, 0.25) is 5.02 Å². The molecule has 0 radical (unpaired) electrons. The molecular formula is C19H21ClN2O4. The number of ether oxygens (including phenoxy) is 2. The Bertz CT molecular complexity index is 795. The molecule has 2 aromatic rings. The maximum atomic E-state index is 12.2. The Morgan fingerprint density at radius 2 is 1.88 bits per heavy atom. The molecule has 0 aliphatic carbocycles. The van der Waals surface area contributed by atoms with Gasteiger partial charge in [0, 0.05) is 36.7 Å². The van der Waals surface area contributed by atoms with Crippen molar-refractivity contribution in [2.24, 2.45) is 0 Å². The lowest BCUT2D eigenvalue weighted by Gasteiger charge is -2.23. The van der Waals surface area contributed by atoms with Gasteiger partial charge in [0.1, 0.15) is 11.5 Å². The van der Waals surface area contributed by atoms with E-state index >= 15 is 0 Å². The van der Waals surface area contributed by atoms with E-state index in [0.717, 1.165) is 0 Å². The van der Waals surface area contributed by atoms with Crippen LogP contribution in [0, 0.1) is 0 Å². The molecule has 2 aromatic carbocycles. The van der Waals surface area contributed by atoms with Crippen LogP contribution < -0.4 is 19.7 Å². The average Bonchev–Trinajstić information content (AvgIpc) is 2.61. The van der Waals surface area contributed by atoms with Crippen LogP contribution >= 0.6 is 11.6 Å². The Morgan fingerprint density at radius 3 is 2.50 bits per heavy atom. The lowest BCUT2D eigenvalue weighted by atomic mass is 10.2. The molecule has 0 aliphatic heterocycles. The normalized spacial score (nSPS) is 10.2. The molecule has 26 heavy (non-hydrogen) atoms. The van der Waals surface area contributed by atoms with Crippen molar-refractivity contribution in [3.8, 4) is 11.5 Å². The van der Waals surface area contributed by atoms with Gasteiger partial charge in [0.2, 0.25) is 11.8 Å². The highest BCUT2D eigenvalue weighted by molar-refractivity contribution is 6.30. The number of hydrogen-bond donors (Lipinski definition) is 1. The van der Waals surface area contributed by atoms with Gasteiger partial charge in [-0.2, -0.15) is 0 Å². The molecule has 138 valence electrons. The van der Waals surface area contributed by atoms with Gasteiger partial charge < -0.3 is 19.7 Å². The van der Waals surface area contributed by atoms with Gasteiger partial charge in [-0.15, -0.1) is 0 Å². The molecular weight excluding hydrogens is 356 g/mol. The number of amides is 2.